The van der Waals surface area contributed by atoms with E-state index < -0.39 is 24.4 Å². The molecule has 4 rings (SSSR count). The number of cyclic esters (lactones) is 1. The van der Waals surface area contributed by atoms with Crippen LogP contribution in [0.4, 0.5) is 0 Å². The van der Waals surface area contributed by atoms with E-state index in [1.54, 1.807) is 0 Å². The van der Waals surface area contributed by atoms with Crippen LogP contribution in [0, 0.1) is 58.2 Å². The molecule has 4 fully saturated rings. The van der Waals surface area contributed by atoms with E-state index in [0.717, 1.165) is 25.7 Å². The Bertz CT molecular complexity index is 755. The minimum Gasteiger partial charge on any atom is -0.465 e. The molecule has 0 amide bonds. The molecular weight excluding hydrogens is 432 g/mol. The van der Waals surface area contributed by atoms with Crippen LogP contribution in [0.3, 0.4) is 0 Å². The Labute approximate surface area is 205 Å². The van der Waals surface area contributed by atoms with Gasteiger partial charge in [-0.1, -0.05) is 41.5 Å². The summed E-state index contributed by atoms with van der Waals surface area (Å²) in [6.45, 7) is 13.2. The van der Waals surface area contributed by atoms with Crippen molar-refractivity contribution in [1.82, 2.24) is 0 Å². The van der Waals surface area contributed by atoms with Crippen LogP contribution in [0.25, 0.3) is 0 Å². The van der Waals surface area contributed by atoms with Gasteiger partial charge in [-0.15, -0.1) is 0 Å². The minimum atomic E-state index is -0.867. The zero-order chi connectivity index (χ0) is 25.2. The molecule has 3 saturated carbocycles. The molecule has 1 heterocycles. The first kappa shape index (κ1) is 26.4. The summed E-state index contributed by atoms with van der Waals surface area (Å²) in [6, 6.07) is 0. The Kier molecular flexibility index (Phi) is 7.23. The van der Waals surface area contributed by atoms with Crippen LogP contribution in [0.15, 0.2) is 0 Å². The number of rotatable bonds is 5. The average Bonchev–Trinajstić information content (AvgIpc) is 3.09. The standard InChI is InChI=1S/C28H48O6/c1-14(2)15(3)24(31)25(32)16(4)18-7-8-19-17-13-34-26(33)21-11-22(29)23(30)12-28(21,6)20(17)9-10-27(18,19)5/h14-25,29-32H,7-13H2,1-6H3/t15-,16+,17+,18?,19+,20+,21-,22+,23-,24-,25+,27-,28-/m1/s1. The normalized spacial score (nSPS) is 48.1. The Morgan fingerprint density at radius 3 is 2.21 bits per heavy atom. The SMILES string of the molecule is CC(C)[C@@H](C)[C@@H](O)[C@@H](O)[C@@H](C)C1CC[C@H]2[C@@H]3COC(=O)[C@H]4C[C@H](O)[C@H](O)C[C@]4(C)[C@H]3CC[C@]12C. The predicted octanol–water partition coefficient (Wildman–Crippen LogP) is 3.39. The van der Waals surface area contributed by atoms with Crippen molar-refractivity contribution >= 4 is 5.97 Å². The summed E-state index contributed by atoms with van der Waals surface area (Å²) >= 11 is 0. The number of carbonyl (C=O) groups excluding carboxylic acids is 1. The summed E-state index contributed by atoms with van der Waals surface area (Å²) in [5, 5.41) is 42.9. The highest BCUT2D eigenvalue weighted by molar-refractivity contribution is 5.74. The summed E-state index contributed by atoms with van der Waals surface area (Å²) in [5.41, 5.74) is -0.345. The summed E-state index contributed by atoms with van der Waals surface area (Å²) in [7, 11) is 0. The average molecular weight is 481 g/mol. The van der Waals surface area contributed by atoms with E-state index in [-0.39, 0.29) is 52.8 Å². The molecule has 4 aliphatic rings. The van der Waals surface area contributed by atoms with Crippen molar-refractivity contribution in [3.8, 4) is 0 Å². The van der Waals surface area contributed by atoms with Crippen molar-refractivity contribution in [3.63, 3.8) is 0 Å². The smallest absolute Gasteiger partial charge is 0.309 e. The van der Waals surface area contributed by atoms with E-state index in [9.17, 15) is 25.2 Å². The molecule has 4 N–H and O–H groups in total. The van der Waals surface area contributed by atoms with Gasteiger partial charge in [0.1, 0.15) is 0 Å². The zero-order valence-electron chi connectivity index (χ0n) is 22.0. The van der Waals surface area contributed by atoms with E-state index in [1.165, 1.54) is 0 Å². The first-order chi connectivity index (χ1) is 15.8. The molecular formula is C28H48O6. The molecule has 1 aliphatic heterocycles. The second kappa shape index (κ2) is 9.32. The number of aliphatic hydroxyl groups excluding tert-OH is 4. The lowest BCUT2D eigenvalue weighted by Crippen LogP contribution is -2.55. The molecule has 1 unspecified atom stereocenters. The van der Waals surface area contributed by atoms with Crippen LogP contribution >= 0.6 is 0 Å². The van der Waals surface area contributed by atoms with Crippen molar-refractivity contribution < 1.29 is 30.0 Å². The topological polar surface area (TPSA) is 107 Å². The van der Waals surface area contributed by atoms with Crippen LogP contribution in [0.2, 0.25) is 0 Å². The lowest BCUT2D eigenvalue weighted by Gasteiger charge is -2.56. The summed E-state index contributed by atoms with van der Waals surface area (Å²) in [5.74, 6) is 0.948. The van der Waals surface area contributed by atoms with Gasteiger partial charge in [0.2, 0.25) is 0 Å². The fourth-order valence-corrected chi connectivity index (χ4v) is 8.95. The molecule has 0 aromatic carbocycles. The number of hydrogen-bond acceptors (Lipinski definition) is 6. The van der Waals surface area contributed by atoms with E-state index >= 15 is 0 Å². The largest absolute Gasteiger partial charge is 0.465 e. The Balaban J connectivity index is 1.58. The van der Waals surface area contributed by atoms with Crippen molar-refractivity contribution in [2.24, 2.45) is 58.2 Å². The Morgan fingerprint density at radius 2 is 1.56 bits per heavy atom. The van der Waals surface area contributed by atoms with Gasteiger partial charge in [-0.25, -0.2) is 0 Å². The maximum atomic E-state index is 13.0. The molecule has 0 bridgehead atoms. The first-order valence-electron chi connectivity index (χ1n) is 13.7. The molecule has 3 aliphatic carbocycles. The maximum Gasteiger partial charge on any atom is 0.309 e. The van der Waals surface area contributed by atoms with Gasteiger partial charge in [0.25, 0.3) is 0 Å². The van der Waals surface area contributed by atoms with E-state index in [4.69, 9.17) is 4.74 Å². The molecule has 0 aromatic heterocycles. The van der Waals surface area contributed by atoms with E-state index in [2.05, 4.69) is 34.6 Å². The van der Waals surface area contributed by atoms with Crippen molar-refractivity contribution in [3.05, 3.63) is 0 Å². The molecule has 0 aromatic rings. The van der Waals surface area contributed by atoms with Gasteiger partial charge in [0.05, 0.1) is 36.9 Å². The number of esters is 1. The lowest BCUT2D eigenvalue weighted by molar-refractivity contribution is -0.162. The predicted molar refractivity (Wildman–Crippen MR) is 130 cm³/mol. The van der Waals surface area contributed by atoms with Gasteiger partial charge in [-0.2, -0.15) is 0 Å². The van der Waals surface area contributed by atoms with E-state index in [1.807, 2.05) is 6.92 Å². The van der Waals surface area contributed by atoms with Crippen molar-refractivity contribution in [2.45, 2.75) is 104 Å². The summed E-state index contributed by atoms with van der Waals surface area (Å²) in [4.78, 5) is 13.0. The number of fused-ring (bicyclic) bond motifs is 5. The quantitative estimate of drug-likeness (QED) is 0.450. The molecule has 1 saturated heterocycles. The number of carbonyl (C=O) groups is 1. The van der Waals surface area contributed by atoms with Gasteiger partial charge < -0.3 is 25.2 Å². The highest BCUT2D eigenvalue weighted by atomic mass is 16.5. The number of ether oxygens (including phenoxy) is 1. The minimum absolute atomic E-state index is 0.00827. The van der Waals surface area contributed by atoms with Crippen molar-refractivity contribution in [1.29, 1.82) is 0 Å². The fraction of sp³-hybridized carbons (Fsp3) is 0.964. The van der Waals surface area contributed by atoms with Gasteiger partial charge in [-0.3, -0.25) is 4.79 Å². The highest BCUT2D eigenvalue weighted by Gasteiger charge is 2.63. The van der Waals surface area contributed by atoms with Crippen LogP contribution < -0.4 is 0 Å². The van der Waals surface area contributed by atoms with Crippen LogP contribution in [0.1, 0.15) is 80.1 Å². The van der Waals surface area contributed by atoms with Crippen molar-refractivity contribution in [2.75, 3.05) is 6.61 Å². The number of hydrogen-bond donors (Lipinski definition) is 4. The second-order valence-corrected chi connectivity index (χ2v) is 13.3. The van der Waals surface area contributed by atoms with Crippen LogP contribution in [-0.4, -0.2) is 57.4 Å². The third-order valence-electron chi connectivity index (χ3n) is 11.5. The lowest BCUT2D eigenvalue weighted by atomic mass is 9.48. The monoisotopic (exact) mass is 480 g/mol. The molecule has 196 valence electrons. The van der Waals surface area contributed by atoms with Crippen LogP contribution in [0.5, 0.6) is 0 Å². The van der Waals surface area contributed by atoms with Gasteiger partial charge in [0.15, 0.2) is 0 Å². The van der Waals surface area contributed by atoms with Gasteiger partial charge in [0, 0.05) is 0 Å². The third kappa shape index (κ3) is 4.05. The molecule has 6 heteroatoms. The van der Waals surface area contributed by atoms with E-state index in [0.29, 0.717) is 30.8 Å². The Hall–Kier alpha value is -0.690. The molecule has 6 nitrogen and oxygen atoms in total. The van der Waals surface area contributed by atoms with Gasteiger partial charge in [-0.05, 0) is 90.8 Å². The zero-order valence-corrected chi connectivity index (χ0v) is 22.0. The number of aliphatic hydroxyl groups is 4. The Morgan fingerprint density at radius 1 is 0.912 bits per heavy atom. The first-order valence-corrected chi connectivity index (χ1v) is 13.7. The summed E-state index contributed by atoms with van der Waals surface area (Å²) < 4.78 is 5.86. The highest BCUT2D eigenvalue weighted by Crippen LogP contribution is 2.66. The second-order valence-electron chi connectivity index (χ2n) is 13.3. The van der Waals surface area contributed by atoms with Crippen LogP contribution in [-0.2, 0) is 9.53 Å². The molecule has 34 heavy (non-hydrogen) atoms. The summed E-state index contributed by atoms with van der Waals surface area (Å²) in [6.07, 6.45) is 1.61. The maximum absolute atomic E-state index is 13.0. The molecule has 13 atom stereocenters. The fourth-order valence-electron chi connectivity index (χ4n) is 8.95. The third-order valence-corrected chi connectivity index (χ3v) is 11.5. The molecule has 0 radical (unpaired) electrons. The van der Waals surface area contributed by atoms with Gasteiger partial charge >= 0.3 is 5.97 Å². The molecule has 0 spiro atoms.